The Bertz CT molecular complexity index is 697. The molecule has 1 aromatic carbocycles. The molecule has 0 amide bonds. The quantitative estimate of drug-likeness (QED) is 0.484. The van der Waals surface area contributed by atoms with E-state index in [1.807, 2.05) is 23.5 Å². The Hall–Kier alpha value is -1.67. The van der Waals surface area contributed by atoms with Gasteiger partial charge in [-0.3, -0.25) is 0 Å². The normalized spacial score (nSPS) is 20.7. The second-order valence-corrected chi connectivity index (χ2v) is 8.48. The number of benzene rings is 1. The fraction of sp³-hybridized carbons (Fsp3) is 0.450. The first-order valence-electron chi connectivity index (χ1n) is 9.49. The molecule has 1 aromatic heterocycles. The molecule has 4 N–H and O–H groups in total. The molecule has 146 valence electrons. The fourth-order valence-corrected chi connectivity index (χ4v) is 4.51. The van der Waals surface area contributed by atoms with Crippen molar-refractivity contribution in [2.75, 3.05) is 46.9 Å². The molecular weight excluding hydrogens is 376 g/mol. The zero-order chi connectivity index (χ0) is 19.1. The van der Waals surface area contributed by atoms with E-state index in [1.54, 1.807) is 16.9 Å². The number of piperazine rings is 1. The number of nitrogens with one attached hydrogen (secondary N) is 4. The fourth-order valence-electron chi connectivity index (χ4n) is 3.46. The first kappa shape index (κ1) is 20.1. The number of thiophene rings is 1. The molecule has 1 atom stereocenters. The van der Waals surface area contributed by atoms with Gasteiger partial charge in [-0.25, -0.2) is 0 Å². The zero-order valence-electron chi connectivity index (χ0n) is 16.1. The molecule has 0 aliphatic carbocycles. The number of hydrogen-bond donors (Lipinski definition) is 4. The van der Waals surface area contributed by atoms with E-state index in [1.165, 1.54) is 36.6 Å². The van der Waals surface area contributed by atoms with E-state index in [-0.39, 0.29) is 0 Å². The van der Waals surface area contributed by atoms with Gasteiger partial charge in [0.15, 0.2) is 5.11 Å². The van der Waals surface area contributed by atoms with Crippen LogP contribution in [0.4, 0.5) is 0 Å². The van der Waals surface area contributed by atoms with Crippen LogP contribution in [0.2, 0.25) is 0 Å². The predicted molar refractivity (Wildman–Crippen MR) is 115 cm³/mol. The van der Waals surface area contributed by atoms with Crippen molar-refractivity contribution < 1.29 is 14.5 Å². The van der Waals surface area contributed by atoms with Gasteiger partial charge in [-0.05, 0) is 41.4 Å². The topological polar surface area (TPSA) is 42.2 Å². The highest BCUT2D eigenvalue weighted by molar-refractivity contribution is 7.80. The molecule has 2 heterocycles. The first-order valence-corrected chi connectivity index (χ1v) is 10.8. The Morgan fingerprint density at radius 1 is 1.15 bits per heavy atom. The summed E-state index contributed by atoms with van der Waals surface area (Å²) < 4.78 is 5.20. The van der Waals surface area contributed by atoms with E-state index in [4.69, 9.17) is 17.0 Å². The largest absolute Gasteiger partial charge is 0.497 e. The molecule has 2 aromatic rings. The van der Waals surface area contributed by atoms with Crippen LogP contribution in [0.1, 0.15) is 16.5 Å². The van der Waals surface area contributed by atoms with Crippen LogP contribution >= 0.6 is 23.6 Å². The Balaban J connectivity index is 1.51. The van der Waals surface area contributed by atoms with Gasteiger partial charge in [-0.15, -0.1) is 11.3 Å². The van der Waals surface area contributed by atoms with Gasteiger partial charge in [0.2, 0.25) is 0 Å². The van der Waals surface area contributed by atoms with Gasteiger partial charge in [0.1, 0.15) is 38.0 Å². The standard InChI is InChI=1S/C20H28N4OS2/c1-23-9-11-24(12-10-23)18(19-4-3-13-27-19)15-22-20(26)21-14-16-5-7-17(25-2)8-6-16/h3-8,13,18H,9-12,14-15H2,1-2H3,(H2,21,22,26)/p+2/t18-/m0/s1. The maximum atomic E-state index is 5.51. The van der Waals surface area contributed by atoms with Crippen molar-refractivity contribution in [2.24, 2.45) is 0 Å². The van der Waals surface area contributed by atoms with E-state index in [0.29, 0.717) is 17.7 Å². The molecular formula is C20H30N4OS2+2. The van der Waals surface area contributed by atoms with E-state index in [2.05, 4.69) is 47.3 Å². The van der Waals surface area contributed by atoms with E-state index < -0.39 is 0 Å². The van der Waals surface area contributed by atoms with Crippen molar-refractivity contribution in [1.82, 2.24) is 10.6 Å². The van der Waals surface area contributed by atoms with Gasteiger partial charge in [0.25, 0.3) is 0 Å². The second-order valence-electron chi connectivity index (χ2n) is 7.10. The van der Waals surface area contributed by atoms with Gasteiger partial charge in [-0.2, -0.15) is 0 Å². The molecule has 0 bridgehead atoms. The van der Waals surface area contributed by atoms with Crippen LogP contribution in [-0.4, -0.2) is 52.0 Å². The summed E-state index contributed by atoms with van der Waals surface area (Å²) in [6, 6.07) is 12.9. The summed E-state index contributed by atoms with van der Waals surface area (Å²) in [7, 11) is 3.97. The molecule has 1 fully saturated rings. The molecule has 5 nitrogen and oxygen atoms in total. The minimum Gasteiger partial charge on any atom is -0.497 e. The lowest BCUT2D eigenvalue weighted by molar-refractivity contribution is -1.02. The van der Waals surface area contributed by atoms with Crippen molar-refractivity contribution in [3.63, 3.8) is 0 Å². The van der Waals surface area contributed by atoms with Gasteiger partial charge in [-0.1, -0.05) is 18.2 Å². The summed E-state index contributed by atoms with van der Waals surface area (Å²) >= 11 is 7.36. The molecule has 1 aliphatic heterocycles. The zero-order valence-corrected chi connectivity index (χ0v) is 17.7. The second kappa shape index (κ2) is 10.0. The molecule has 0 unspecified atom stereocenters. The molecule has 1 saturated heterocycles. The maximum Gasteiger partial charge on any atom is 0.166 e. The van der Waals surface area contributed by atoms with E-state index in [9.17, 15) is 0 Å². The van der Waals surface area contributed by atoms with Crippen LogP contribution in [0.5, 0.6) is 5.75 Å². The minimum absolute atomic E-state index is 0.457. The van der Waals surface area contributed by atoms with Gasteiger partial charge < -0.3 is 25.2 Å². The van der Waals surface area contributed by atoms with Crippen molar-refractivity contribution in [2.45, 2.75) is 12.6 Å². The number of quaternary nitrogens is 2. The van der Waals surface area contributed by atoms with Crippen molar-refractivity contribution in [3.05, 3.63) is 52.2 Å². The molecule has 0 spiro atoms. The summed E-state index contributed by atoms with van der Waals surface area (Å²) in [5.74, 6) is 0.871. The Morgan fingerprint density at radius 3 is 2.52 bits per heavy atom. The lowest BCUT2D eigenvalue weighted by atomic mass is 10.1. The van der Waals surface area contributed by atoms with Crippen LogP contribution in [0, 0.1) is 0 Å². The van der Waals surface area contributed by atoms with Crippen LogP contribution < -0.4 is 25.2 Å². The van der Waals surface area contributed by atoms with Gasteiger partial charge >= 0.3 is 0 Å². The van der Waals surface area contributed by atoms with E-state index >= 15 is 0 Å². The highest BCUT2D eigenvalue weighted by atomic mass is 32.1. The number of methoxy groups -OCH3 is 1. The van der Waals surface area contributed by atoms with Crippen molar-refractivity contribution in [1.29, 1.82) is 0 Å². The summed E-state index contributed by atoms with van der Waals surface area (Å²) in [6.07, 6.45) is 0. The van der Waals surface area contributed by atoms with Crippen LogP contribution in [0.3, 0.4) is 0 Å². The Morgan fingerprint density at radius 2 is 1.89 bits per heavy atom. The highest BCUT2D eigenvalue weighted by Crippen LogP contribution is 2.16. The number of thiocarbonyl (C=S) groups is 1. The smallest absolute Gasteiger partial charge is 0.166 e. The third-order valence-corrected chi connectivity index (χ3v) is 6.48. The Kier molecular flexibility index (Phi) is 7.46. The number of hydrogen-bond acceptors (Lipinski definition) is 3. The third-order valence-electron chi connectivity index (χ3n) is 5.20. The van der Waals surface area contributed by atoms with Gasteiger partial charge in [0, 0.05) is 6.54 Å². The average molecular weight is 407 g/mol. The summed E-state index contributed by atoms with van der Waals surface area (Å²) in [5.41, 5.74) is 1.18. The SMILES string of the molecule is COc1ccc(CNC(=S)NC[C@@H](c2cccs2)[NH+]2CC[NH+](C)CC2)cc1. The number of ether oxygens (including phenoxy) is 1. The third kappa shape index (κ3) is 5.90. The molecule has 3 rings (SSSR count). The summed E-state index contributed by atoms with van der Waals surface area (Å²) in [6.45, 7) is 6.46. The molecule has 7 heteroatoms. The molecule has 1 aliphatic rings. The lowest BCUT2D eigenvalue weighted by Crippen LogP contribution is -3.27. The lowest BCUT2D eigenvalue weighted by Gasteiger charge is -2.33. The predicted octanol–water partition coefficient (Wildman–Crippen LogP) is -0.125. The molecule has 27 heavy (non-hydrogen) atoms. The first-order chi connectivity index (χ1) is 13.2. The summed E-state index contributed by atoms with van der Waals surface area (Å²) in [5, 5.41) is 9.65. The van der Waals surface area contributed by atoms with Crippen LogP contribution in [0.15, 0.2) is 41.8 Å². The highest BCUT2D eigenvalue weighted by Gasteiger charge is 2.29. The monoisotopic (exact) mass is 406 g/mol. The number of likely N-dealkylation sites (N-methyl/N-ethyl adjacent to an activating group) is 1. The average Bonchev–Trinajstić information content (AvgIpc) is 3.23. The van der Waals surface area contributed by atoms with Crippen LogP contribution in [-0.2, 0) is 6.54 Å². The van der Waals surface area contributed by atoms with Crippen molar-refractivity contribution >= 4 is 28.7 Å². The maximum absolute atomic E-state index is 5.51. The summed E-state index contributed by atoms with van der Waals surface area (Å²) in [4.78, 5) is 4.73. The molecule has 0 radical (unpaired) electrons. The van der Waals surface area contributed by atoms with Gasteiger partial charge in [0.05, 0.1) is 25.6 Å². The number of rotatable bonds is 7. The Labute approximate surface area is 171 Å². The van der Waals surface area contributed by atoms with E-state index in [0.717, 1.165) is 12.3 Å². The van der Waals surface area contributed by atoms with Crippen molar-refractivity contribution in [3.8, 4) is 5.75 Å². The van der Waals surface area contributed by atoms with Crippen LogP contribution in [0.25, 0.3) is 0 Å². The minimum atomic E-state index is 0.457. The molecule has 0 saturated carbocycles.